The molecule has 0 saturated carbocycles. The summed E-state index contributed by atoms with van der Waals surface area (Å²) in [5, 5.41) is 34.3. The summed E-state index contributed by atoms with van der Waals surface area (Å²) in [5.74, 6) is -3.97. The third kappa shape index (κ3) is 12.3. The third-order valence-electron chi connectivity index (χ3n) is 5.41. The Morgan fingerprint density at radius 1 is 0.925 bits per heavy atom. The number of carbonyl (C=O) groups is 4. The molecule has 0 atom stereocenters. The highest BCUT2D eigenvalue weighted by atomic mass is 35.5. The van der Waals surface area contributed by atoms with Crippen LogP contribution in [0.2, 0.25) is 5.02 Å². The number of nitrogens with zero attached hydrogens (tertiary/aromatic N) is 1. The normalized spacial score (nSPS) is 11.3. The highest BCUT2D eigenvalue weighted by molar-refractivity contribution is 6.30. The Balaban J connectivity index is 0.000000520. The molecular weight excluding hydrogens is 546 g/mol. The van der Waals surface area contributed by atoms with Gasteiger partial charge in [-0.3, -0.25) is 14.4 Å². The van der Waals surface area contributed by atoms with Gasteiger partial charge in [-0.2, -0.15) is 0 Å². The van der Waals surface area contributed by atoms with E-state index in [1.165, 1.54) is 6.92 Å². The number of carbonyl (C=O) groups excluding carboxylic acids is 1. The first-order valence-electron chi connectivity index (χ1n) is 12.3. The standard InChI is InChI=1S/C22H26ClNO3.C6H8O7/c1-4-24(5-2)13-14-26-20-12-11-19(23)16-22(20)27-21(17(3)25)15-18-9-7-6-8-10-18;7-3(8)1-6(13,5(11)12)2-4(9)10/h6-12,15-16H,4-5,13-14H2,1-3H3;13H,1-2H2,(H,7,8)(H,9,10)(H,11,12)/b21-15+;. The maximum atomic E-state index is 12.1. The van der Waals surface area contributed by atoms with Gasteiger partial charge in [0.05, 0.1) is 12.8 Å². The summed E-state index contributed by atoms with van der Waals surface area (Å²) in [6, 6.07) is 14.7. The first kappa shape index (κ1) is 34.1. The summed E-state index contributed by atoms with van der Waals surface area (Å²) < 4.78 is 11.8. The van der Waals surface area contributed by atoms with E-state index in [1.54, 1.807) is 24.3 Å². The molecule has 0 bridgehead atoms. The molecule has 40 heavy (non-hydrogen) atoms. The predicted octanol–water partition coefficient (Wildman–Crippen LogP) is 3.82. The van der Waals surface area contributed by atoms with Crippen molar-refractivity contribution in [2.45, 2.75) is 39.2 Å². The van der Waals surface area contributed by atoms with Crippen molar-refractivity contribution in [1.82, 2.24) is 4.90 Å². The van der Waals surface area contributed by atoms with Crippen LogP contribution in [-0.4, -0.2) is 80.9 Å². The molecule has 218 valence electrons. The number of likely N-dealkylation sites (N-methyl/N-ethyl adjacent to an activating group) is 1. The Morgan fingerprint density at radius 3 is 1.98 bits per heavy atom. The van der Waals surface area contributed by atoms with Crippen LogP contribution >= 0.6 is 11.6 Å². The molecule has 4 N–H and O–H groups in total. The van der Waals surface area contributed by atoms with Gasteiger partial charge in [-0.1, -0.05) is 55.8 Å². The van der Waals surface area contributed by atoms with Crippen molar-refractivity contribution in [3.8, 4) is 11.5 Å². The van der Waals surface area contributed by atoms with Gasteiger partial charge in [0, 0.05) is 24.6 Å². The fourth-order valence-corrected chi connectivity index (χ4v) is 3.40. The van der Waals surface area contributed by atoms with Crippen LogP contribution in [0.15, 0.2) is 54.3 Å². The number of allylic oxidation sites excluding steroid dienone is 1. The van der Waals surface area contributed by atoms with Crippen molar-refractivity contribution in [2.75, 3.05) is 26.2 Å². The second-order valence-electron chi connectivity index (χ2n) is 8.52. The molecule has 12 heteroatoms. The third-order valence-corrected chi connectivity index (χ3v) is 5.65. The molecule has 0 saturated heterocycles. The van der Waals surface area contributed by atoms with E-state index in [2.05, 4.69) is 18.7 Å². The fourth-order valence-electron chi connectivity index (χ4n) is 3.24. The van der Waals surface area contributed by atoms with Gasteiger partial charge in [0.1, 0.15) is 6.61 Å². The van der Waals surface area contributed by atoms with E-state index in [1.807, 2.05) is 30.3 Å². The van der Waals surface area contributed by atoms with E-state index >= 15 is 0 Å². The zero-order chi connectivity index (χ0) is 30.3. The molecule has 0 aromatic heterocycles. The zero-order valence-electron chi connectivity index (χ0n) is 22.5. The molecule has 2 rings (SSSR count). The molecule has 0 aliphatic heterocycles. The van der Waals surface area contributed by atoms with Crippen molar-refractivity contribution < 1.29 is 49.1 Å². The first-order chi connectivity index (χ1) is 18.8. The predicted molar refractivity (Wildman–Crippen MR) is 148 cm³/mol. The minimum absolute atomic E-state index is 0.173. The van der Waals surface area contributed by atoms with Crippen LogP contribution in [0.4, 0.5) is 0 Å². The number of carboxylic acid groups (broad SMARTS) is 3. The van der Waals surface area contributed by atoms with Gasteiger partial charge >= 0.3 is 17.9 Å². The monoisotopic (exact) mass is 579 g/mol. The average Bonchev–Trinajstić information content (AvgIpc) is 2.87. The molecule has 0 radical (unpaired) electrons. The number of ketones is 1. The largest absolute Gasteiger partial charge is 0.488 e. The van der Waals surface area contributed by atoms with Crippen molar-refractivity contribution in [3.63, 3.8) is 0 Å². The minimum Gasteiger partial charge on any atom is -0.488 e. The lowest BCUT2D eigenvalue weighted by atomic mass is 9.96. The molecule has 0 amide bonds. The number of aliphatic carboxylic acids is 3. The Kier molecular flexibility index (Phi) is 14.4. The Labute approximate surface area is 237 Å². The van der Waals surface area contributed by atoms with Crippen LogP contribution in [0.1, 0.15) is 39.2 Å². The lowest BCUT2D eigenvalue weighted by Gasteiger charge is -2.19. The van der Waals surface area contributed by atoms with Gasteiger partial charge < -0.3 is 34.8 Å². The number of halogens is 1. The van der Waals surface area contributed by atoms with Crippen LogP contribution in [0.3, 0.4) is 0 Å². The number of carboxylic acids is 3. The van der Waals surface area contributed by atoms with Crippen molar-refractivity contribution >= 4 is 41.4 Å². The van der Waals surface area contributed by atoms with Crippen LogP contribution in [-0.2, 0) is 19.2 Å². The van der Waals surface area contributed by atoms with E-state index in [4.69, 9.17) is 41.5 Å². The maximum absolute atomic E-state index is 12.1. The molecule has 0 aliphatic carbocycles. The zero-order valence-corrected chi connectivity index (χ0v) is 23.3. The molecule has 2 aromatic carbocycles. The lowest BCUT2D eigenvalue weighted by Crippen LogP contribution is -2.42. The number of hydrogen-bond donors (Lipinski definition) is 4. The van der Waals surface area contributed by atoms with Crippen LogP contribution in [0.5, 0.6) is 11.5 Å². The number of rotatable bonds is 15. The number of ether oxygens (including phenoxy) is 2. The molecular formula is C28H34ClNO10. The second-order valence-corrected chi connectivity index (χ2v) is 8.96. The number of Topliss-reactive ketones (excluding diaryl/α,β-unsaturated/α-hetero) is 1. The highest BCUT2D eigenvalue weighted by Gasteiger charge is 2.40. The fraction of sp³-hybridized carbons (Fsp3) is 0.357. The van der Waals surface area contributed by atoms with E-state index in [0.717, 1.165) is 25.2 Å². The Morgan fingerprint density at radius 2 is 1.50 bits per heavy atom. The molecule has 11 nitrogen and oxygen atoms in total. The summed E-state index contributed by atoms with van der Waals surface area (Å²) >= 11 is 6.12. The number of aliphatic hydroxyl groups is 1. The van der Waals surface area contributed by atoms with Gasteiger partial charge in [0.25, 0.3) is 0 Å². The quantitative estimate of drug-likeness (QED) is 0.178. The molecule has 2 aromatic rings. The summed E-state index contributed by atoms with van der Waals surface area (Å²) in [4.78, 5) is 44.8. The van der Waals surface area contributed by atoms with E-state index in [9.17, 15) is 19.2 Å². The van der Waals surface area contributed by atoms with Crippen molar-refractivity contribution in [3.05, 3.63) is 64.9 Å². The smallest absolute Gasteiger partial charge is 0.336 e. The highest BCUT2D eigenvalue weighted by Crippen LogP contribution is 2.32. The van der Waals surface area contributed by atoms with Gasteiger partial charge in [-0.15, -0.1) is 0 Å². The van der Waals surface area contributed by atoms with E-state index in [0.29, 0.717) is 23.1 Å². The SMILES string of the molecule is CCN(CC)CCOc1ccc(Cl)cc1O/C(=C/c1ccccc1)C(C)=O.O=C(O)CC(O)(CC(=O)O)C(=O)O. The number of benzene rings is 2. The van der Waals surface area contributed by atoms with Crippen LogP contribution < -0.4 is 9.47 Å². The van der Waals surface area contributed by atoms with Gasteiger partial charge in [0.15, 0.2) is 28.6 Å². The Bertz CT molecular complexity index is 1160. The average molecular weight is 580 g/mol. The summed E-state index contributed by atoms with van der Waals surface area (Å²) in [5.41, 5.74) is -1.86. The number of hydrogen-bond acceptors (Lipinski definition) is 8. The summed E-state index contributed by atoms with van der Waals surface area (Å²) in [7, 11) is 0. The molecule has 0 fully saturated rings. The minimum atomic E-state index is -2.74. The van der Waals surface area contributed by atoms with E-state index in [-0.39, 0.29) is 11.5 Å². The summed E-state index contributed by atoms with van der Waals surface area (Å²) in [6.07, 6.45) is -0.577. The lowest BCUT2D eigenvalue weighted by molar-refractivity contribution is -0.170. The molecule has 0 heterocycles. The molecule has 0 unspecified atom stereocenters. The van der Waals surface area contributed by atoms with Gasteiger partial charge in [-0.05, 0) is 36.9 Å². The first-order valence-corrected chi connectivity index (χ1v) is 12.7. The molecule has 0 aliphatic rings. The van der Waals surface area contributed by atoms with Crippen molar-refractivity contribution in [1.29, 1.82) is 0 Å². The van der Waals surface area contributed by atoms with Crippen LogP contribution in [0.25, 0.3) is 6.08 Å². The van der Waals surface area contributed by atoms with Crippen molar-refractivity contribution in [2.24, 2.45) is 0 Å². The van der Waals surface area contributed by atoms with Crippen LogP contribution in [0, 0.1) is 0 Å². The molecule has 0 spiro atoms. The second kappa shape index (κ2) is 16.9. The maximum Gasteiger partial charge on any atom is 0.336 e. The summed E-state index contributed by atoms with van der Waals surface area (Å²) in [6.45, 7) is 8.99. The Hall–Kier alpha value is -3.93. The van der Waals surface area contributed by atoms with Gasteiger partial charge in [0.2, 0.25) is 0 Å². The van der Waals surface area contributed by atoms with E-state index < -0.39 is 36.4 Å². The van der Waals surface area contributed by atoms with Gasteiger partial charge in [-0.25, -0.2) is 4.79 Å². The topological polar surface area (TPSA) is 171 Å².